The van der Waals surface area contributed by atoms with Crippen molar-refractivity contribution in [3.8, 4) is 0 Å². The summed E-state index contributed by atoms with van der Waals surface area (Å²) in [4.78, 5) is 16.6. The highest BCUT2D eigenvalue weighted by atomic mass is 32.2. The molecule has 0 atom stereocenters. The minimum absolute atomic E-state index is 0.809. The van der Waals surface area contributed by atoms with Gasteiger partial charge < -0.3 is 4.98 Å². The van der Waals surface area contributed by atoms with Crippen LogP contribution in [0.3, 0.4) is 0 Å². The van der Waals surface area contributed by atoms with Gasteiger partial charge in [-0.3, -0.25) is 4.98 Å². The molecule has 0 aliphatic carbocycles. The van der Waals surface area contributed by atoms with Gasteiger partial charge in [-0.1, -0.05) is 23.9 Å². The van der Waals surface area contributed by atoms with Gasteiger partial charge in [-0.15, -0.1) is 11.3 Å². The number of H-pyrrole nitrogens is 1. The number of aromatic amines is 1. The fraction of sp³-hybridized carbons (Fsp3) is 0. The van der Waals surface area contributed by atoms with Crippen LogP contribution < -0.4 is 0 Å². The second-order valence-corrected chi connectivity index (χ2v) is 6.53. The third-order valence-corrected chi connectivity index (χ3v) is 4.45. The van der Waals surface area contributed by atoms with Gasteiger partial charge in [0.2, 0.25) is 0 Å². The molecule has 7 heteroatoms. The van der Waals surface area contributed by atoms with Crippen molar-refractivity contribution < 1.29 is 0 Å². The Labute approximate surface area is 152 Å². The molecule has 0 saturated heterocycles. The molecule has 2 heterocycles. The average Bonchev–Trinajstić information content (AvgIpc) is 3.29. The summed E-state index contributed by atoms with van der Waals surface area (Å²) in [5.74, 6) is 0. The van der Waals surface area contributed by atoms with Crippen LogP contribution in [0.1, 0.15) is 0 Å². The molecule has 118 valence electrons. The summed E-state index contributed by atoms with van der Waals surface area (Å²) in [5.41, 5.74) is 4.63. The van der Waals surface area contributed by atoms with E-state index in [-0.39, 0.29) is 0 Å². The maximum atomic E-state index is 4.57. The van der Waals surface area contributed by atoms with Crippen molar-refractivity contribution in [2.24, 2.45) is 4.99 Å². The van der Waals surface area contributed by atoms with Gasteiger partial charge >= 0.3 is 0 Å². The summed E-state index contributed by atoms with van der Waals surface area (Å²) >= 11 is 7.76. The first-order valence-electron chi connectivity index (χ1n) is 6.98. The van der Waals surface area contributed by atoms with Crippen molar-refractivity contribution in [1.82, 2.24) is 15.0 Å². The number of fused-ring (bicyclic) bond motifs is 1. The highest BCUT2D eigenvalue weighted by Gasteiger charge is 2.03. The van der Waals surface area contributed by atoms with Gasteiger partial charge in [-0.25, -0.2) is 4.98 Å². The number of aliphatic imine (C=N–C) groups is 1. The predicted molar refractivity (Wildman–Crippen MR) is 103 cm³/mol. The summed E-state index contributed by atoms with van der Waals surface area (Å²) < 4.78 is 0. The number of para-hydroxylation sites is 2. The molecule has 0 aliphatic rings. The molecular weight excluding hydrogens is 356 g/mol. The zero-order chi connectivity index (χ0) is 16.6. The van der Waals surface area contributed by atoms with E-state index in [1.807, 2.05) is 53.9 Å². The molecular formula is C17H12N4S3. The SMILES string of the molecule is S=C=Nc1ccc(Sc2nc3ccccc3[nH]2)cc1.c1cscn1. The number of hydrogen-bond acceptors (Lipinski definition) is 6. The van der Waals surface area contributed by atoms with E-state index in [1.165, 1.54) is 0 Å². The highest BCUT2D eigenvalue weighted by Crippen LogP contribution is 2.28. The van der Waals surface area contributed by atoms with Crippen molar-refractivity contribution in [2.75, 3.05) is 0 Å². The van der Waals surface area contributed by atoms with Crippen LogP contribution in [0.25, 0.3) is 11.0 Å². The first-order valence-corrected chi connectivity index (χ1v) is 9.14. The zero-order valence-corrected chi connectivity index (χ0v) is 14.9. The first-order chi connectivity index (χ1) is 11.8. The number of imidazole rings is 1. The van der Waals surface area contributed by atoms with Crippen LogP contribution in [0.15, 0.2) is 80.7 Å². The van der Waals surface area contributed by atoms with Gasteiger partial charge in [-0.2, -0.15) is 4.99 Å². The number of benzene rings is 2. The monoisotopic (exact) mass is 368 g/mol. The highest BCUT2D eigenvalue weighted by molar-refractivity contribution is 7.99. The number of nitrogens with one attached hydrogen (secondary N) is 1. The minimum atomic E-state index is 0.809. The van der Waals surface area contributed by atoms with Gasteiger partial charge in [0.05, 0.1) is 27.4 Å². The second kappa shape index (κ2) is 8.52. The lowest BCUT2D eigenvalue weighted by molar-refractivity contribution is 1.08. The maximum absolute atomic E-state index is 4.57. The fourth-order valence-corrected chi connectivity index (χ4v) is 3.16. The van der Waals surface area contributed by atoms with Gasteiger partial charge in [-0.05, 0) is 48.6 Å². The Hall–Kier alpha value is -2.31. The molecule has 24 heavy (non-hydrogen) atoms. The zero-order valence-electron chi connectivity index (χ0n) is 12.4. The number of nitrogens with zero attached hydrogens (tertiary/aromatic N) is 3. The third kappa shape index (κ3) is 4.59. The van der Waals surface area contributed by atoms with Crippen LogP contribution in [0.4, 0.5) is 5.69 Å². The molecule has 0 spiro atoms. The van der Waals surface area contributed by atoms with Crippen molar-refractivity contribution in [2.45, 2.75) is 10.1 Å². The maximum Gasteiger partial charge on any atom is 0.171 e. The largest absolute Gasteiger partial charge is 0.333 e. The van der Waals surface area contributed by atoms with Crippen molar-refractivity contribution in [3.05, 3.63) is 65.6 Å². The number of aromatic nitrogens is 3. The molecule has 0 radical (unpaired) electrons. The quantitative estimate of drug-likeness (QED) is 0.378. The topological polar surface area (TPSA) is 53.9 Å². The average molecular weight is 369 g/mol. The van der Waals surface area contributed by atoms with Crippen LogP contribution in [-0.2, 0) is 0 Å². The smallest absolute Gasteiger partial charge is 0.171 e. The lowest BCUT2D eigenvalue weighted by Gasteiger charge is -1.97. The number of thiazole rings is 1. The van der Waals surface area contributed by atoms with Crippen LogP contribution in [0.2, 0.25) is 0 Å². The Balaban J connectivity index is 0.000000290. The fourth-order valence-electron chi connectivity index (χ4n) is 1.91. The van der Waals surface area contributed by atoms with E-state index in [0.29, 0.717) is 0 Å². The first kappa shape index (κ1) is 16.5. The molecule has 0 unspecified atom stereocenters. The van der Waals surface area contributed by atoms with Crippen LogP contribution >= 0.6 is 35.3 Å². The van der Waals surface area contributed by atoms with Crippen LogP contribution in [0, 0.1) is 0 Å². The van der Waals surface area contributed by atoms with E-state index >= 15 is 0 Å². The molecule has 0 aliphatic heterocycles. The van der Waals surface area contributed by atoms with Crippen molar-refractivity contribution >= 4 is 57.2 Å². The molecule has 2 aromatic heterocycles. The Morgan fingerprint density at radius 1 is 1.12 bits per heavy atom. The Bertz CT molecular complexity index is 889. The van der Waals surface area contributed by atoms with Gasteiger partial charge in [0.1, 0.15) is 0 Å². The lowest BCUT2D eigenvalue weighted by Crippen LogP contribution is -1.75. The lowest BCUT2D eigenvalue weighted by atomic mass is 10.3. The van der Waals surface area contributed by atoms with E-state index in [9.17, 15) is 0 Å². The van der Waals surface area contributed by atoms with E-state index in [1.54, 1.807) is 34.8 Å². The van der Waals surface area contributed by atoms with Crippen molar-refractivity contribution in [3.63, 3.8) is 0 Å². The molecule has 0 bridgehead atoms. The van der Waals surface area contributed by atoms with Gasteiger partial charge in [0.25, 0.3) is 0 Å². The van der Waals surface area contributed by atoms with Crippen LogP contribution in [0.5, 0.6) is 0 Å². The summed E-state index contributed by atoms with van der Waals surface area (Å²) in [6.45, 7) is 0. The summed E-state index contributed by atoms with van der Waals surface area (Å²) in [5, 5.41) is 5.17. The molecule has 1 N–H and O–H groups in total. The molecule has 2 aromatic carbocycles. The predicted octanol–water partition coefficient (Wildman–Crippen LogP) is 5.59. The molecule has 0 fully saturated rings. The van der Waals surface area contributed by atoms with Gasteiger partial charge in [0, 0.05) is 16.5 Å². The Morgan fingerprint density at radius 2 is 1.96 bits per heavy atom. The Morgan fingerprint density at radius 3 is 2.58 bits per heavy atom. The number of hydrogen-bond donors (Lipinski definition) is 1. The molecule has 4 nitrogen and oxygen atoms in total. The third-order valence-electron chi connectivity index (χ3n) is 2.94. The van der Waals surface area contributed by atoms with Crippen LogP contribution in [-0.4, -0.2) is 20.1 Å². The number of thiocarbonyl (C=S) groups is 1. The van der Waals surface area contributed by atoms with Gasteiger partial charge in [0.15, 0.2) is 5.16 Å². The number of rotatable bonds is 3. The molecule has 0 saturated carbocycles. The Kier molecular flexibility index (Phi) is 5.87. The van der Waals surface area contributed by atoms with E-state index in [2.05, 4.69) is 37.3 Å². The number of isothiocyanates is 1. The standard InChI is InChI=1S/C14H9N3S2.C3H3NS/c18-9-15-10-5-7-11(8-6-10)19-14-16-12-3-1-2-4-13(12)17-14;1-2-5-3-4-1/h1-8H,(H,16,17);1-3H. The van der Waals surface area contributed by atoms with Crippen molar-refractivity contribution in [1.29, 1.82) is 0 Å². The molecule has 0 amide bonds. The normalized spacial score (nSPS) is 9.83. The van der Waals surface area contributed by atoms with E-state index < -0.39 is 0 Å². The second-order valence-electron chi connectivity index (χ2n) is 4.53. The summed E-state index contributed by atoms with van der Waals surface area (Å²) in [6.07, 6.45) is 1.77. The van der Waals surface area contributed by atoms with E-state index in [0.717, 1.165) is 26.8 Å². The molecule has 4 rings (SSSR count). The van der Waals surface area contributed by atoms with E-state index in [4.69, 9.17) is 0 Å². The molecule has 4 aromatic rings. The minimum Gasteiger partial charge on any atom is -0.333 e. The summed E-state index contributed by atoms with van der Waals surface area (Å²) in [6, 6.07) is 15.8. The summed E-state index contributed by atoms with van der Waals surface area (Å²) in [7, 11) is 0.